The van der Waals surface area contributed by atoms with Gasteiger partial charge in [-0.3, -0.25) is 4.79 Å². The van der Waals surface area contributed by atoms with E-state index in [-0.39, 0.29) is 18.4 Å². The Kier molecular flexibility index (Phi) is 7.25. The van der Waals surface area contributed by atoms with Crippen LogP contribution in [0.3, 0.4) is 0 Å². The number of carbonyl (C=O) groups is 2. The van der Waals surface area contributed by atoms with Gasteiger partial charge in [0.25, 0.3) is 0 Å². The van der Waals surface area contributed by atoms with Gasteiger partial charge in [-0.2, -0.15) is 0 Å². The van der Waals surface area contributed by atoms with E-state index in [9.17, 15) is 9.59 Å². The fourth-order valence-corrected chi connectivity index (χ4v) is 2.12. The summed E-state index contributed by atoms with van der Waals surface area (Å²) in [5, 5.41) is 11.5. The van der Waals surface area contributed by atoms with Gasteiger partial charge < -0.3 is 20.1 Å². The lowest BCUT2D eigenvalue weighted by Gasteiger charge is -2.17. The van der Waals surface area contributed by atoms with Gasteiger partial charge in [-0.1, -0.05) is 13.3 Å². The molecule has 0 radical (unpaired) electrons. The van der Waals surface area contributed by atoms with Crippen LogP contribution in [0.4, 0.5) is 4.79 Å². The zero-order chi connectivity index (χ0) is 14.1. The maximum absolute atomic E-state index is 11.8. The van der Waals surface area contributed by atoms with Crippen molar-refractivity contribution in [2.24, 2.45) is 5.92 Å². The lowest BCUT2D eigenvalue weighted by atomic mass is 10.1. The molecule has 1 rings (SSSR count). The average Bonchev–Trinajstić information content (AvgIpc) is 2.81. The molecule has 1 saturated heterocycles. The van der Waals surface area contributed by atoms with E-state index in [1.807, 2.05) is 0 Å². The predicted molar refractivity (Wildman–Crippen MR) is 71.1 cm³/mol. The average molecular weight is 272 g/mol. The van der Waals surface area contributed by atoms with Gasteiger partial charge in [-0.15, -0.1) is 0 Å². The first-order valence-electron chi connectivity index (χ1n) is 6.95. The number of hydrogen-bond donors (Lipinski definition) is 2. The topological polar surface area (TPSA) is 78.9 Å². The van der Waals surface area contributed by atoms with Crippen molar-refractivity contribution >= 4 is 12.0 Å². The third-order valence-corrected chi connectivity index (χ3v) is 3.20. The summed E-state index contributed by atoms with van der Waals surface area (Å²) in [7, 11) is 0. The molecule has 0 aromatic heterocycles. The van der Waals surface area contributed by atoms with Gasteiger partial charge in [0, 0.05) is 32.7 Å². The van der Waals surface area contributed by atoms with Gasteiger partial charge in [0.15, 0.2) is 0 Å². The van der Waals surface area contributed by atoms with Crippen LogP contribution in [0.2, 0.25) is 0 Å². The highest BCUT2D eigenvalue weighted by atomic mass is 16.5. The Morgan fingerprint density at radius 2 is 2.21 bits per heavy atom. The highest BCUT2D eigenvalue weighted by Gasteiger charge is 2.27. The fraction of sp³-hybridized carbons (Fsp3) is 0.846. The highest BCUT2D eigenvalue weighted by Crippen LogP contribution is 2.19. The molecule has 1 unspecified atom stereocenters. The predicted octanol–water partition coefficient (Wildman–Crippen LogP) is 1.31. The fourth-order valence-electron chi connectivity index (χ4n) is 2.12. The van der Waals surface area contributed by atoms with Crippen LogP contribution in [0.1, 0.15) is 32.6 Å². The molecule has 110 valence electrons. The van der Waals surface area contributed by atoms with Crippen molar-refractivity contribution in [3.8, 4) is 0 Å². The Morgan fingerprint density at radius 1 is 1.42 bits per heavy atom. The number of carbonyl (C=O) groups excluding carboxylic acids is 1. The molecule has 0 aromatic carbocycles. The second kappa shape index (κ2) is 8.74. The van der Waals surface area contributed by atoms with Gasteiger partial charge in [0.2, 0.25) is 0 Å². The number of unbranched alkanes of at least 4 members (excludes halogenated alkanes) is 1. The maximum Gasteiger partial charge on any atom is 0.317 e. The third kappa shape index (κ3) is 6.42. The van der Waals surface area contributed by atoms with E-state index in [4.69, 9.17) is 9.84 Å². The number of carboxylic acids is 1. The molecule has 0 bridgehead atoms. The largest absolute Gasteiger partial charge is 0.481 e. The summed E-state index contributed by atoms with van der Waals surface area (Å²) in [6.07, 6.45) is 3.05. The van der Waals surface area contributed by atoms with E-state index >= 15 is 0 Å². The van der Waals surface area contributed by atoms with Crippen LogP contribution in [-0.2, 0) is 9.53 Å². The second-order valence-corrected chi connectivity index (χ2v) is 4.90. The van der Waals surface area contributed by atoms with Crippen LogP contribution < -0.4 is 5.32 Å². The number of nitrogens with one attached hydrogen (secondary N) is 1. The monoisotopic (exact) mass is 272 g/mol. The van der Waals surface area contributed by atoms with Crippen LogP contribution in [0.25, 0.3) is 0 Å². The number of hydrogen-bond acceptors (Lipinski definition) is 3. The summed E-state index contributed by atoms with van der Waals surface area (Å²) < 4.78 is 5.35. The minimum Gasteiger partial charge on any atom is -0.481 e. The molecule has 0 aromatic rings. The van der Waals surface area contributed by atoms with E-state index in [2.05, 4.69) is 12.2 Å². The molecule has 0 saturated carbocycles. The molecule has 0 spiro atoms. The number of ether oxygens (including phenoxy) is 1. The molecular weight excluding hydrogens is 248 g/mol. The van der Waals surface area contributed by atoms with E-state index in [1.165, 1.54) is 0 Å². The van der Waals surface area contributed by atoms with Crippen LogP contribution in [0, 0.1) is 5.92 Å². The summed E-state index contributed by atoms with van der Waals surface area (Å²) in [5.74, 6) is -0.708. The van der Waals surface area contributed by atoms with Gasteiger partial charge in [-0.05, 0) is 18.8 Å². The maximum atomic E-state index is 11.8. The molecule has 1 aliphatic rings. The first kappa shape index (κ1) is 15.8. The zero-order valence-electron chi connectivity index (χ0n) is 11.6. The summed E-state index contributed by atoms with van der Waals surface area (Å²) >= 11 is 0. The highest BCUT2D eigenvalue weighted by molar-refractivity contribution is 5.74. The number of nitrogens with zero attached hydrogens (tertiary/aromatic N) is 1. The minimum atomic E-state index is -0.795. The minimum absolute atomic E-state index is 0.0871. The van der Waals surface area contributed by atoms with E-state index < -0.39 is 5.97 Å². The summed E-state index contributed by atoms with van der Waals surface area (Å²) in [6, 6.07) is -0.119. The van der Waals surface area contributed by atoms with E-state index in [1.54, 1.807) is 4.90 Å². The molecule has 0 aliphatic carbocycles. The molecule has 1 heterocycles. The number of urea groups is 1. The summed E-state index contributed by atoms with van der Waals surface area (Å²) in [5.41, 5.74) is 0. The SMILES string of the molecule is CCCCOCCNC(=O)N1CCC(CC(=O)O)C1. The molecule has 6 heteroatoms. The molecule has 1 fully saturated rings. The van der Waals surface area contributed by atoms with Crippen LogP contribution in [0.15, 0.2) is 0 Å². The van der Waals surface area contributed by atoms with Crippen molar-refractivity contribution in [3.63, 3.8) is 0 Å². The molecule has 19 heavy (non-hydrogen) atoms. The Hall–Kier alpha value is -1.30. The van der Waals surface area contributed by atoms with Gasteiger partial charge in [-0.25, -0.2) is 4.79 Å². The first-order valence-corrected chi connectivity index (χ1v) is 6.95. The number of aliphatic carboxylic acids is 1. The van der Waals surface area contributed by atoms with Gasteiger partial charge in [0.05, 0.1) is 6.61 Å². The lowest BCUT2D eigenvalue weighted by molar-refractivity contribution is -0.138. The Labute approximate surface area is 114 Å². The number of likely N-dealkylation sites (tertiary alicyclic amines) is 1. The van der Waals surface area contributed by atoms with Crippen molar-refractivity contribution in [2.45, 2.75) is 32.6 Å². The van der Waals surface area contributed by atoms with Crippen molar-refractivity contribution in [3.05, 3.63) is 0 Å². The smallest absolute Gasteiger partial charge is 0.317 e. The zero-order valence-corrected chi connectivity index (χ0v) is 11.6. The van der Waals surface area contributed by atoms with Crippen molar-refractivity contribution in [2.75, 3.05) is 32.8 Å². The van der Waals surface area contributed by atoms with Crippen LogP contribution in [-0.4, -0.2) is 54.9 Å². The normalized spacial score (nSPS) is 18.6. The van der Waals surface area contributed by atoms with Crippen molar-refractivity contribution in [1.82, 2.24) is 10.2 Å². The Bertz CT molecular complexity index is 296. The van der Waals surface area contributed by atoms with Crippen molar-refractivity contribution < 1.29 is 19.4 Å². The molecule has 2 amide bonds. The van der Waals surface area contributed by atoms with E-state index in [0.717, 1.165) is 25.9 Å². The quantitative estimate of drug-likeness (QED) is 0.653. The van der Waals surface area contributed by atoms with Gasteiger partial charge >= 0.3 is 12.0 Å². The van der Waals surface area contributed by atoms with Crippen LogP contribution >= 0.6 is 0 Å². The number of carboxylic acid groups (broad SMARTS) is 1. The van der Waals surface area contributed by atoms with Crippen LogP contribution in [0.5, 0.6) is 0 Å². The van der Waals surface area contributed by atoms with E-state index in [0.29, 0.717) is 26.2 Å². The summed E-state index contributed by atoms with van der Waals surface area (Å²) in [4.78, 5) is 24.1. The second-order valence-electron chi connectivity index (χ2n) is 4.90. The Morgan fingerprint density at radius 3 is 2.89 bits per heavy atom. The Balaban J connectivity index is 2.09. The molecule has 1 aliphatic heterocycles. The lowest BCUT2D eigenvalue weighted by Crippen LogP contribution is -2.40. The van der Waals surface area contributed by atoms with Gasteiger partial charge in [0.1, 0.15) is 0 Å². The standard InChI is InChI=1S/C13H24N2O4/c1-2-3-7-19-8-5-14-13(18)15-6-4-11(10-15)9-12(16)17/h11H,2-10H2,1H3,(H,14,18)(H,16,17). The first-order chi connectivity index (χ1) is 9.13. The molecular formula is C13H24N2O4. The third-order valence-electron chi connectivity index (χ3n) is 3.20. The number of rotatable bonds is 8. The molecule has 2 N–H and O–H groups in total. The summed E-state index contributed by atoms with van der Waals surface area (Å²) in [6.45, 7) is 5.04. The molecule has 6 nitrogen and oxygen atoms in total. The van der Waals surface area contributed by atoms with Crippen molar-refractivity contribution in [1.29, 1.82) is 0 Å². The molecule has 1 atom stereocenters. The number of amides is 2.